The lowest BCUT2D eigenvalue weighted by Crippen LogP contribution is -2.17. The van der Waals surface area contributed by atoms with Crippen LogP contribution in [-0.4, -0.2) is 22.2 Å². The summed E-state index contributed by atoms with van der Waals surface area (Å²) in [6, 6.07) is 6.78. The summed E-state index contributed by atoms with van der Waals surface area (Å²) in [6.45, 7) is 3.78. The lowest BCUT2D eigenvalue weighted by molar-refractivity contribution is 0.0955. The molecule has 102 valence electrons. The summed E-state index contributed by atoms with van der Waals surface area (Å²) in [4.78, 5) is 15.6. The summed E-state index contributed by atoms with van der Waals surface area (Å²) in [7, 11) is 0. The van der Waals surface area contributed by atoms with Crippen LogP contribution in [0, 0.1) is 13.8 Å². The van der Waals surface area contributed by atoms with Crippen LogP contribution in [0.3, 0.4) is 0 Å². The molecule has 2 rings (SSSR count). The average Bonchev–Trinajstić information content (AvgIpc) is 2.42. The number of amides is 1. The molecule has 1 aromatic carbocycles. The second-order valence-electron chi connectivity index (χ2n) is 4.45. The van der Waals surface area contributed by atoms with E-state index >= 15 is 0 Å². The van der Waals surface area contributed by atoms with Gasteiger partial charge in [0.2, 0.25) is 0 Å². The number of aryl methyl sites for hydroxylation is 2. The highest BCUT2D eigenvalue weighted by atomic mass is 16.3. The number of hydrogen-bond donors (Lipinski definition) is 2. The minimum absolute atomic E-state index is 0.143. The number of benzene rings is 1. The van der Waals surface area contributed by atoms with E-state index in [1.807, 2.05) is 19.9 Å². The summed E-state index contributed by atoms with van der Waals surface area (Å²) in [6.07, 6.45) is 4.51. The van der Waals surface area contributed by atoms with Gasteiger partial charge in [-0.2, -0.15) is 5.10 Å². The Labute approximate surface area is 117 Å². The minimum Gasteiger partial charge on any atom is -0.507 e. The predicted molar refractivity (Wildman–Crippen MR) is 76.9 cm³/mol. The van der Waals surface area contributed by atoms with Gasteiger partial charge in [0.25, 0.3) is 5.91 Å². The van der Waals surface area contributed by atoms with E-state index < -0.39 is 0 Å². The first-order chi connectivity index (χ1) is 9.58. The molecule has 0 spiro atoms. The van der Waals surface area contributed by atoms with Gasteiger partial charge in [-0.1, -0.05) is 6.07 Å². The molecule has 1 amide bonds. The number of aromatic nitrogens is 1. The van der Waals surface area contributed by atoms with Crippen LogP contribution in [0.4, 0.5) is 0 Å². The van der Waals surface area contributed by atoms with Crippen molar-refractivity contribution in [3.05, 3.63) is 58.9 Å². The van der Waals surface area contributed by atoms with Crippen molar-refractivity contribution in [1.29, 1.82) is 0 Å². The Morgan fingerprint density at radius 1 is 1.30 bits per heavy atom. The summed E-state index contributed by atoms with van der Waals surface area (Å²) < 4.78 is 0. The van der Waals surface area contributed by atoms with Gasteiger partial charge < -0.3 is 5.11 Å². The van der Waals surface area contributed by atoms with Crippen LogP contribution in [0.1, 0.15) is 27.0 Å². The van der Waals surface area contributed by atoms with Crippen LogP contribution < -0.4 is 5.43 Å². The molecule has 1 heterocycles. The zero-order valence-corrected chi connectivity index (χ0v) is 11.3. The van der Waals surface area contributed by atoms with E-state index in [4.69, 9.17) is 0 Å². The maximum atomic E-state index is 11.7. The van der Waals surface area contributed by atoms with Crippen LogP contribution in [0.5, 0.6) is 5.75 Å². The number of rotatable bonds is 3. The van der Waals surface area contributed by atoms with E-state index in [1.165, 1.54) is 18.6 Å². The lowest BCUT2D eigenvalue weighted by Gasteiger charge is -2.05. The number of nitrogens with one attached hydrogen (secondary N) is 1. The topological polar surface area (TPSA) is 74.6 Å². The molecular formula is C15H15N3O2. The Hall–Kier alpha value is -2.69. The third-order valence-electron chi connectivity index (χ3n) is 2.81. The highest BCUT2D eigenvalue weighted by molar-refractivity contribution is 5.95. The molecule has 2 aromatic rings. The number of hydrazone groups is 1. The van der Waals surface area contributed by atoms with E-state index in [9.17, 15) is 9.90 Å². The molecule has 0 aliphatic carbocycles. The van der Waals surface area contributed by atoms with Gasteiger partial charge in [0, 0.05) is 23.5 Å². The van der Waals surface area contributed by atoms with Crippen LogP contribution in [0.2, 0.25) is 0 Å². The van der Waals surface area contributed by atoms with Crippen molar-refractivity contribution >= 4 is 12.1 Å². The number of carbonyl (C=O) groups excluding carboxylic acids is 1. The zero-order chi connectivity index (χ0) is 14.5. The molecule has 0 atom stereocenters. The fourth-order valence-electron chi connectivity index (χ4n) is 1.85. The number of aromatic hydroxyl groups is 1. The Kier molecular flexibility index (Phi) is 4.10. The van der Waals surface area contributed by atoms with Gasteiger partial charge in [-0.15, -0.1) is 0 Å². The number of pyridine rings is 1. The normalized spacial score (nSPS) is 10.7. The number of phenolic OH excluding ortho intramolecular Hbond substituents is 1. The number of hydrogen-bond acceptors (Lipinski definition) is 4. The van der Waals surface area contributed by atoms with E-state index in [0.29, 0.717) is 11.1 Å². The molecule has 0 unspecified atom stereocenters. The first kappa shape index (κ1) is 13.7. The first-order valence-corrected chi connectivity index (χ1v) is 6.11. The van der Waals surface area contributed by atoms with Gasteiger partial charge in [0.1, 0.15) is 5.75 Å². The molecule has 1 aromatic heterocycles. The zero-order valence-electron chi connectivity index (χ0n) is 11.3. The van der Waals surface area contributed by atoms with Crippen molar-refractivity contribution in [3.63, 3.8) is 0 Å². The fraction of sp³-hybridized carbons (Fsp3) is 0.133. The highest BCUT2D eigenvalue weighted by Gasteiger charge is 2.05. The number of phenols is 1. The van der Waals surface area contributed by atoms with Crippen molar-refractivity contribution < 1.29 is 9.90 Å². The average molecular weight is 269 g/mol. The number of nitrogens with zero attached hydrogens (tertiary/aromatic N) is 2. The molecule has 5 heteroatoms. The molecule has 0 saturated heterocycles. The molecule has 5 nitrogen and oxygen atoms in total. The van der Waals surface area contributed by atoms with E-state index in [-0.39, 0.29) is 11.7 Å². The van der Waals surface area contributed by atoms with Crippen molar-refractivity contribution in [2.45, 2.75) is 13.8 Å². The highest BCUT2D eigenvalue weighted by Crippen LogP contribution is 2.20. The first-order valence-electron chi connectivity index (χ1n) is 6.11. The molecule has 20 heavy (non-hydrogen) atoms. The minimum atomic E-state index is -0.326. The molecule has 0 saturated carbocycles. The second-order valence-corrected chi connectivity index (χ2v) is 4.45. The van der Waals surface area contributed by atoms with Crippen LogP contribution in [0.25, 0.3) is 0 Å². The van der Waals surface area contributed by atoms with Crippen molar-refractivity contribution in [2.75, 3.05) is 0 Å². The van der Waals surface area contributed by atoms with Crippen molar-refractivity contribution in [3.8, 4) is 5.75 Å². The van der Waals surface area contributed by atoms with Gasteiger partial charge in [-0.25, -0.2) is 5.43 Å². The van der Waals surface area contributed by atoms with Crippen molar-refractivity contribution in [1.82, 2.24) is 10.4 Å². The summed E-state index contributed by atoms with van der Waals surface area (Å²) in [5.74, 6) is -0.183. The van der Waals surface area contributed by atoms with Crippen molar-refractivity contribution in [2.24, 2.45) is 5.10 Å². The lowest BCUT2D eigenvalue weighted by atomic mass is 10.1. The Morgan fingerprint density at radius 2 is 2.00 bits per heavy atom. The summed E-state index contributed by atoms with van der Waals surface area (Å²) in [5.41, 5.74) is 5.33. The molecule has 0 fully saturated rings. The van der Waals surface area contributed by atoms with Gasteiger partial charge in [-0.05, 0) is 43.2 Å². The molecule has 2 N–H and O–H groups in total. The molecule has 0 bridgehead atoms. The maximum Gasteiger partial charge on any atom is 0.271 e. The standard InChI is InChI=1S/C15H15N3O2/c1-10-7-11(2)13(14(19)8-10)9-17-18-15(20)12-3-5-16-6-4-12/h3-9,19H,1-2H3,(H,18,20)/b17-9-. The second kappa shape index (κ2) is 5.97. The number of carbonyl (C=O) groups is 1. The summed E-state index contributed by atoms with van der Waals surface area (Å²) in [5, 5.41) is 13.7. The van der Waals surface area contributed by atoms with E-state index in [1.54, 1.807) is 18.2 Å². The predicted octanol–water partition coefficient (Wildman–Crippen LogP) is 2.17. The van der Waals surface area contributed by atoms with Gasteiger partial charge in [-0.3, -0.25) is 9.78 Å². The van der Waals surface area contributed by atoms with Gasteiger partial charge >= 0.3 is 0 Å². The fourth-order valence-corrected chi connectivity index (χ4v) is 1.85. The molecule has 0 aliphatic heterocycles. The van der Waals surface area contributed by atoms with Crippen LogP contribution >= 0.6 is 0 Å². The maximum absolute atomic E-state index is 11.7. The van der Waals surface area contributed by atoms with Crippen LogP contribution in [-0.2, 0) is 0 Å². The van der Waals surface area contributed by atoms with Gasteiger partial charge in [0.15, 0.2) is 0 Å². The molecule has 0 aliphatic rings. The van der Waals surface area contributed by atoms with E-state index in [2.05, 4.69) is 15.5 Å². The quantitative estimate of drug-likeness (QED) is 0.662. The SMILES string of the molecule is Cc1cc(C)c(/C=N\NC(=O)c2ccncc2)c(O)c1. The third-order valence-corrected chi connectivity index (χ3v) is 2.81. The largest absolute Gasteiger partial charge is 0.507 e. The smallest absolute Gasteiger partial charge is 0.271 e. The van der Waals surface area contributed by atoms with Crippen LogP contribution in [0.15, 0.2) is 41.8 Å². The van der Waals surface area contributed by atoms with E-state index in [0.717, 1.165) is 11.1 Å². The Morgan fingerprint density at radius 3 is 2.65 bits per heavy atom. The third kappa shape index (κ3) is 3.20. The Balaban J connectivity index is 2.10. The molecular weight excluding hydrogens is 254 g/mol. The summed E-state index contributed by atoms with van der Waals surface area (Å²) >= 11 is 0. The van der Waals surface area contributed by atoms with Gasteiger partial charge in [0.05, 0.1) is 6.21 Å². The molecule has 0 radical (unpaired) electrons. The monoisotopic (exact) mass is 269 g/mol. The Bertz CT molecular complexity index is 628.